The lowest BCUT2D eigenvalue weighted by Crippen LogP contribution is -2.43. The van der Waals surface area contributed by atoms with Crippen LogP contribution in [0.2, 0.25) is 0 Å². The molecule has 0 radical (unpaired) electrons. The average Bonchev–Trinajstić information content (AvgIpc) is 2.98. The Bertz CT molecular complexity index is 610. The van der Waals surface area contributed by atoms with Gasteiger partial charge in [-0.05, 0) is 44.2 Å². The number of benzene rings is 1. The minimum atomic E-state index is -0.439. The number of aliphatic hydroxyl groups is 1. The smallest absolute Gasteiger partial charge is 0.322 e. The third-order valence-electron chi connectivity index (χ3n) is 5.30. The number of amides is 2. The molecule has 130 valence electrons. The molecule has 0 spiro atoms. The minimum Gasteiger partial charge on any atom is -0.391 e. The summed E-state index contributed by atoms with van der Waals surface area (Å²) in [6, 6.07) is 6.93. The first-order valence-electron chi connectivity index (χ1n) is 8.91. The molecule has 2 atom stereocenters. The Hall–Kier alpha value is -1.88. The first-order chi connectivity index (χ1) is 11.5. The highest BCUT2D eigenvalue weighted by atomic mass is 16.3. The van der Waals surface area contributed by atoms with Gasteiger partial charge in [0, 0.05) is 23.8 Å². The lowest BCUT2D eigenvalue weighted by atomic mass is 9.83. The van der Waals surface area contributed by atoms with Gasteiger partial charge in [0.2, 0.25) is 0 Å². The molecule has 0 bridgehead atoms. The van der Waals surface area contributed by atoms with Gasteiger partial charge in [-0.2, -0.15) is 0 Å². The van der Waals surface area contributed by atoms with Crippen molar-refractivity contribution in [1.82, 2.24) is 4.90 Å². The maximum Gasteiger partial charge on any atom is 0.322 e. The van der Waals surface area contributed by atoms with Gasteiger partial charge in [0.15, 0.2) is 5.78 Å². The summed E-state index contributed by atoms with van der Waals surface area (Å²) in [4.78, 5) is 26.0. The second-order valence-corrected chi connectivity index (χ2v) is 7.07. The molecule has 1 saturated heterocycles. The first-order valence-corrected chi connectivity index (χ1v) is 8.91. The van der Waals surface area contributed by atoms with Gasteiger partial charge < -0.3 is 15.3 Å². The standard InChI is InChI=1S/C19H26N2O3/c1-13(22)15-8-5-9-16(10-15)20-19(24)21-12-17(23)11-18(21)14-6-3-2-4-7-14/h5,8-10,14,17-18,23H,2-4,6-7,11-12H2,1H3,(H,20,24)/t17-,18+/m1/s1. The highest BCUT2D eigenvalue weighted by molar-refractivity contribution is 5.96. The van der Waals surface area contributed by atoms with Gasteiger partial charge >= 0.3 is 6.03 Å². The number of nitrogens with one attached hydrogen (secondary N) is 1. The highest BCUT2D eigenvalue weighted by Crippen LogP contribution is 2.34. The first kappa shape index (κ1) is 17.0. The van der Waals surface area contributed by atoms with Crippen LogP contribution in [0.4, 0.5) is 10.5 Å². The van der Waals surface area contributed by atoms with E-state index < -0.39 is 6.10 Å². The zero-order chi connectivity index (χ0) is 17.1. The van der Waals surface area contributed by atoms with E-state index in [4.69, 9.17) is 0 Å². The zero-order valence-corrected chi connectivity index (χ0v) is 14.2. The summed E-state index contributed by atoms with van der Waals surface area (Å²) in [5.41, 5.74) is 1.20. The third kappa shape index (κ3) is 3.78. The number of anilines is 1. The summed E-state index contributed by atoms with van der Waals surface area (Å²) >= 11 is 0. The topological polar surface area (TPSA) is 69.6 Å². The van der Waals surface area contributed by atoms with Crippen molar-refractivity contribution < 1.29 is 14.7 Å². The van der Waals surface area contributed by atoms with Gasteiger partial charge in [-0.15, -0.1) is 0 Å². The van der Waals surface area contributed by atoms with E-state index in [9.17, 15) is 14.7 Å². The van der Waals surface area contributed by atoms with Gasteiger partial charge in [-0.1, -0.05) is 31.4 Å². The molecule has 24 heavy (non-hydrogen) atoms. The second kappa shape index (κ2) is 7.34. The zero-order valence-electron chi connectivity index (χ0n) is 14.2. The molecule has 5 heteroatoms. The van der Waals surface area contributed by atoms with E-state index in [1.54, 1.807) is 29.2 Å². The number of hydrogen-bond donors (Lipinski definition) is 2. The number of β-amino-alcohol motifs (C(OH)–C–C–N with tert-alkyl or cyclic N) is 1. The van der Waals surface area contributed by atoms with Crippen LogP contribution in [-0.4, -0.2) is 40.5 Å². The largest absolute Gasteiger partial charge is 0.391 e. The molecule has 0 aromatic heterocycles. The van der Waals surface area contributed by atoms with Gasteiger partial charge in [-0.3, -0.25) is 4.79 Å². The van der Waals surface area contributed by atoms with E-state index in [2.05, 4.69) is 5.32 Å². The number of urea groups is 1. The van der Waals surface area contributed by atoms with E-state index in [1.165, 1.54) is 26.2 Å². The summed E-state index contributed by atoms with van der Waals surface area (Å²) in [7, 11) is 0. The average molecular weight is 330 g/mol. The summed E-state index contributed by atoms with van der Waals surface area (Å²) in [6.07, 6.45) is 6.22. The van der Waals surface area contributed by atoms with Crippen LogP contribution in [0.3, 0.4) is 0 Å². The molecular weight excluding hydrogens is 304 g/mol. The van der Waals surface area contributed by atoms with Crippen LogP contribution < -0.4 is 5.32 Å². The second-order valence-electron chi connectivity index (χ2n) is 7.07. The van der Waals surface area contributed by atoms with Crippen molar-refractivity contribution in [3.05, 3.63) is 29.8 Å². The Kier molecular flexibility index (Phi) is 5.19. The summed E-state index contributed by atoms with van der Waals surface area (Å²) in [5, 5.41) is 13.0. The number of Topliss-reactive ketones (excluding diaryl/α,β-unsaturated/α-hetero) is 1. The highest BCUT2D eigenvalue weighted by Gasteiger charge is 2.39. The van der Waals surface area contributed by atoms with Crippen LogP contribution in [0.15, 0.2) is 24.3 Å². The van der Waals surface area contributed by atoms with Crippen LogP contribution in [0.25, 0.3) is 0 Å². The molecule has 2 fully saturated rings. The molecule has 1 heterocycles. The van der Waals surface area contributed by atoms with Crippen molar-refractivity contribution in [1.29, 1.82) is 0 Å². The van der Waals surface area contributed by atoms with Crippen LogP contribution in [0.1, 0.15) is 55.8 Å². The van der Waals surface area contributed by atoms with Crippen molar-refractivity contribution in [2.75, 3.05) is 11.9 Å². The summed E-state index contributed by atoms with van der Waals surface area (Å²) in [5.74, 6) is 0.466. The number of likely N-dealkylation sites (tertiary alicyclic amines) is 1. The fourth-order valence-electron chi connectivity index (χ4n) is 4.05. The third-order valence-corrected chi connectivity index (χ3v) is 5.30. The molecule has 5 nitrogen and oxygen atoms in total. The van der Waals surface area contributed by atoms with Gasteiger partial charge in [-0.25, -0.2) is 4.79 Å². The Balaban J connectivity index is 1.70. The summed E-state index contributed by atoms with van der Waals surface area (Å²) in [6.45, 7) is 1.90. The van der Waals surface area contributed by atoms with Crippen molar-refractivity contribution in [3.8, 4) is 0 Å². The molecule has 1 aromatic rings. The van der Waals surface area contributed by atoms with Crippen molar-refractivity contribution in [2.24, 2.45) is 5.92 Å². The van der Waals surface area contributed by atoms with E-state index in [0.29, 0.717) is 30.1 Å². The molecule has 1 aliphatic carbocycles. The Morgan fingerprint density at radius 1 is 1.21 bits per heavy atom. The molecule has 0 unspecified atom stereocenters. The van der Waals surface area contributed by atoms with Crippen molar-refractivity contribution in [3.63, 3.8) is 0 Å². The molecule has 2 N–H and O–H groups in total. The lowest BCUT2D eigenvalue weighted by Gasteiger charge is -2.33. The molecule has 2 aliphatic rings. The lowest BCUT2D eigenvalue weighted by molar-refractivity contribution is 0.101. The van der Waals surface area contributed by atoms with Crippen molar-refractivity contribution >= 4 is 17.5 Å². The van der Waals surface area contributed by atoms with Crippen LogP contribution in [-0.2, 0) is 0 Å². The van der Waals surface area contributed by atoms with E-state index >= 15 is 0 Å². The number of aliphatic hydroxyl groups excluding tert-OH is 1. The fourth-order valence-corrected chi connectivity index (χ4v) is 4.05. The van der Waals surface area contributed by atoms with E-state index in [1.807, 2.05) is 0 Å². The van der Waals surface area contributed by atoms with E-state index in [-0.39, 0.29) is 17.9 Å². The number of carbonyl (C=O) groups is 2. The number of hydrogen-bond acceptors (Lipinski definition) is 3. The molecule has 1 saturated carbocycles. The van der Waals surface area contributed by atoms with Gasteiger partial charge in [0.25, 0.3) is 0 Å². The van der Waals surface area contributed by atoms with Gasteiger partial charge in [0.1, 0.15) is 0 Å². The number of nitrogens with zero attached hydrogens (tertiary/aromatic N) is 1. The quantitative estimate of drug-likeness (QED) is 0.834. The number of carbonyl (C=O) groups excluding carboxylic acids is 2. The summed E-state index contributed by atoms with van der Waals surface area (Å²) < 4.78 is 0. The predicted molar refractivity (Wildman–Crippen MR) is 93.2 cm³/mol. The Morgan fingerprint density at radius 3 is 2.67 bits per heavy atom. The van der Waals surface area contributed by atoms with Crippen molar-refractivity contribution in [2.45, 2.75) is 57.6 Å². The number of ketones is 1. The SMILES string of the molecule is CC(=O)c1cccc(NC(=O)N2C[C@H](O)C[C@H]2C2CCCCC2)c1. The van der Waals surface area contributed by atoms with Gasteiger partial charge in [0.05, 0.1) is 6.10 Å². The maximum atomic E-state index is 12.7. The van der Waals surface area contributed by atoms with E-state index in [0.717, 1.165) is 12.8 Å². The molecular formula is C19H26N2O3. The normalized spacial score (nSPS) is 24.8. The fraction of sp³-hybridized carbons (Fsp3) is 0.579. The van der Waals surface area contributed by atoms with Crippen LogP contribution in [0.5, 0.6) is 0 Å². The molecule has 3 rings (SSSR count). The maximum absolute atomic E-state index is 12.7. The molecule has 1 aromatic carbocycles. The van der Waals surface area contributed by atoms with Crippen LogP contribution >= 0.6 is 0 Å². The minimum absolute atomic E-state index is 0.0252. The molecule has 1 aliphatic heterocycles. The monoisotopic (exact) mass is 330 g/mol. The predicted octanol–water partition coefficient (Wildman–Crippen LogP) is 3.44. The molecule has 2 amide bonds. The van der Waals surface area contributed by atoms with Crippen LogP contribution in [0, 0.1) is 5.92 Å². The number of rotatable bonds is 3. The Labute approximate surface area is 143 Å². The Morgan fingerprint density at radius 2 is 1.96 bits per heavy atom.